The van der Waals surface area contributed by atoms with Crippen LogP contribution in [0.5, 0.6) is 11.5 Å². The molecule has 1 saturated heterocycles. The van der Waals surface area contributed by atoms with Crippen LogP contribution in [0.4, 0.5) is 5.69 Å². The molecule has 0 spiro atoms. The van der Waals surface area contributed by atoms with E-state index < -0.39 is 0 Å². The SMILES string of the molecule is CCc1cccc(NC(=O)CN2CCN(Cc3ccc4c(c3)OCO4)CC2)c1. The van der Waals surface area contributed by atoms with Crippen molar-refractivity contribution in [3.05, 3.63) is 53.6 Å². The summed E-state index contributed by atoms with van der Waals surface area (Å²) in [5, 5.41) is 3.02. The minimum absolute atomic E-state index is 0.0532. The normalized spacial score (nSPS) is 16.9. The van der Waals surface area contributed by atoms with Crippen LogP contribution in [0.15, 0.2) is 42.5 Å². The van der Waals surface area contributed by atoms with Crippen LogP contribution in [-0.4, -0.2) is 55.2 Å². The smallest absolute Gasteiger partial charge is 0.238 e. The average Bonchev–Trinajstić information content (AvgIpc) is 3.17. The van der Waals surface area contributed by atoms with Gasteiger partial charge in [0.1, 0.15) is 0 Å². The van der Waals surface area contributed by atoms with Crippen molar-refractivity contribution >= 4 is 11.6 Å². The first-order chi connectivity index (χ1) is 13.7. The van der Waals surface area contributed by atoms with Crippen molar-refractivity contribution in [1.29, 1.82) is 0 Å². The van der Waals surface area contributed by atoms with Gasteiger partial charge >= 0.3 is 0 Å². The lowest BCUT2D eigenvalue weighted by Gasteiger charge is -2.34. The summed E-state index contributed by atoms with van der Waals surface area (Å²) in [5.74, 6) is 1.71. The summed E-state index contributed by atoms with van der Waals surface area (Å²) in [7, 11) is 0. The number of hydrogen-bond acceptors (Lipinski definition) is 5. The first-order valence-corrected chi connectivity index (χ1v) is 9.91. The Morgan fingerprint density at radius 3 is 2.57 bits per heavy atom. The molecule has 1 fully saturated rings. The lowest BCUT2D eigenvalue weighted by Crippen LogP contribution is -2.48. The molecule has 2 heterocycles. The molecule has 28 heavy (non-hydrogen) atoms. The van der Waals surface area contributed by atoms with Crippen LogP contribution < -0.4 is 14.8 Å². The summed E-state index contributed by atoms with van der Waals surface area (Å²) in [6.07, 6.45) is 0.967. The maximum Gasteiger partial charge on any atom is 0.238 e. The Bertz CT molecular complexity index is 832. The topological polar surface area (TPSA) is 54.0 Å². The number of carbonyl (C=O) groups excluding carboxylic acids is 1. The van der Waals surface area contributed by atoms with Crippen LogP contribution in [0.25, 0.3) is 0 Å². The van der Waals surface area contributed by atoms with Crippen molar-refractivity contribution in [3.63, 3.8) is 0 Å². The lowest BCUT2D eigenvalue weighted by atomic mass is 10.1. The van der Waals surface area contributed by atoms with E-state index in [-0.39, 0.29) is 5.91 Å². The fourth-order valence-electron chi connectivity index (χ4n) is 3.68. The third kappa shape index (κ3) is 4.64. The van der Waals surface area contributed by atoms with Crippen molar-refractivity contribution < 1.29 is 14.3 Å². The Kier molecular flexibility index (Phi) is 5.78. The van der Waals surface area contributed by atoms with Crippen LogP contribution in [0.3, 0.4) is 0 Å². The molecule has 0 atom stereocenters. The van der Waals surface area contributed by atoms with E-state index in [0.29, 0.717) is 13.3 Å². The summed E-state index contributed by atoms with van der Waals surface area (Å²) in [4.78, 5) is 17.0. The van der Waals surface area contributed by atoms with Gasteiger partial charge < -0.3 is 14.8 Å². The van der Waals surface area contributed by atoms with Gasteiger partial charge in [-0.15, -0.1) is 0 Å². The number of fused-ring (bicyclic) bond motifs is 1. The van der Waals surface area contributed by atoms with Crippen molar-refractivity contribution in [1.82, 2.24) is 9.80 Å². The zero-order valence-corrected chi connectivity index (χ0v) is 16.3. The fraction of sp³-hybridized carbons (Fsp3) is 0.409. The van der Waals surface area contributed by atoms with Crippen LogP contribution in [-0.2, 0) is 17.8 Å². The van der Waals surface area contributed by atoms with E-state index in [4.69, 9.17) is 9.47 Å². The second-order valence-corrected chi connectivity index (χ2v) is 7.34. The first kappa shape index (κ1) is 18.8. The number of hydrogen-bond donors (Lipinski definition) is 1. The third-order valence-corrected chi connectivity index (χ3v) is 5.29. The van der Waals surface area contributed by atoms with Crippen molar-refractivity contribution in [2.45, 2.75) is 19.9 Å². The van der Waals surface area contributed by atoms with E-state index in [1.807, 2.05) is 24.3 Å². The van der Waals surface area contributed by atoms with Crippen LogP contribution in [0.2, 0.25) is 0 Å². The average molecular weight is 381 g/mol. The largest absolute Gasteiger partial charge is 0.454 e. The van der Waals surface area contributed by atoms with Crippen molar-refractivity contribution in [2.75, 3.05) is 44.8 Å². The predicted molar refractivity (Wildman–Crippen MR) is 109 cm³/mol. The Morgan fingerprint density at radius 1 is 0.964 bits per heavy atom. The standard InChI is InChI=1S/C22H27N3O3/c1-2-17-4-3-5-19(12-17)23-22(26)15-25-10-8-24(9-11-25)14-18-6-7-20-21(13-18)28-16-27-20/h3-7,12-13H,2,8-11,14-16H2,1H3,(H,23,26). The molecule has 2 aromatic rings. The highest BCUT2D eigenvalue weighted by Gasteiger charge is 2.20. The molecule has 1 amide bonds. The van der Waals surface area contributed by atoms with E-state index in [9.17, 15) is 4.79 Å². The number of aryl methyl sites for hydroxylation is 1. The van der Waals surface area contributed by atoms with Gasteiger partial charge in [0.05, 0.1) is 6.54 Å². The molecular formula is C22H27N3O3. The van der Waals surface area contributed by atoms with Crippen LogP contribution >= 0.6 is 0 Å². The van der Waals surface area contributed by atoms with Gasteiger partial charge in [-0.05, 0) is 41.8 Å². The molecule has 0 aliphatic carbocycles. The number of nitrogens with zero attached hydrogens (tertiary/aromatic N) is 2. The molecule has 6 heteroatoms. The molecular weight excluding hydrogens is 354 g/mol. The number of carbonyl (C=O) groups is 1. The maximum absolute atomic E-state index is 12.4. The van der Waals surface area contributed by atoms with Gasteiger partial charge in [-0.1, -0.05) is 25.1 Å². The van der Waals surface area contributed by atoms with Gasteiger partial charge in [0.25, 0.3) is 0 Å². The Balaban J connectivity index is 1.23. The van der Waals surface area contributed by atoms with E-state index >= 15 is 0 Å². The fourth-order valence-corrected chi connectivity index (χ4v) is 3.68. The predicted octanol–water partition coefficient (Wildman–Crippen LogP) is 2.73. The zero-order chi connectivity index (χ0) is 19.3. The zero-order valence-electron chi connectivity index (χ0n) is 16.3. The lowest BCUT2D eigenvalue weighted by molar-refractivity contribution is -0.117. The Morgan fingerprint density at radius 2 is 1.75 bits per heavy atom. The second kappa shape index (κ2) is 8.63. The molecule has 1 N–H and O–H groups in total. The van der Waals surface area contributed by atoms with Gasteiger partial charge in [0, 0.05) is 38.4 Å². The van der Waals surface area contributed by atoms with Gasteiger partial charge in [-0.25, -0.2) is 0 Å². The summed E-state index contributed by atoms with van der Waals surface area (Å²) in [6, 6.07) is 14.2. The quantitative estimate of drug-likeness (QED) is 0.834. The highest BCUT2D eigenvalue weighted by atomic mass is 16.7. The molecule has 2 aromatic carbocycles. The van der Waals surface area contributed by atoms with E-state index in [2.05, 4.69) is 40.2 Å². The Hall–Kier alpha value is -2.57. The molecule has 148 valence electrons. The molecule has 0 bridgehead atoms. The number of ether oxygens (including phenoxy) is 2. The van der Waals surface area contributed by atoms with Gasteiger partial charge in [0.2, 0.25) is 12.7 Å². The second-order valence-electron chi connectivity index (χ2n) is 7.34. The molecule has 6 nitrogen and oxygen atoms in total. The van der Waals surface area contributed by atoms with Crippen molar-refractivity contribution in [2.24, 2.45) is 0 Å². The Labute approximate surface area is 166 Å². The van der Waals surface area contributed by atoms with Crippen molar-refractivity contribution in [3.8, 4) is 11.5 Å². The molecule has 4 rings (SSSR count). The minimum Gasteiger partial charge on any atom is -0.454 e. The summed E-state index contributed by atoms with van der Waals surface area (Å²) in [6.45, 7) is 7.45. The highest BCUT2D eigenvalue weighted by Crippen LogP contribution is 2.32. The van der Waals surface area contributed by atoms with E-state index in [1.165, 1.54) is 11.1 Å². The molecule has 2 aliphatic rings. The third-order valence-electron chi connectivity index (χ3n) is 5.29. The van der Waals surface area contributed by atoms with Gasteiger partial charge in [0.15, 0.2) is 11.5 Å². The molecule has 0 saturated carbocycles. The molecule has 0 aromatic heterocycles. The van der Waals surface area contributed by atoms with Crippen LogP contribution in [0, 0.1) is 0 Å². The van der Waals surface area contributed by atoms with E-state index in [0.717, 1.165) is 56.3 Å². The van der Waals surface area contributed by atoms with E-state index in [1.54, 1.807) is 0 Å². The number of anilines is 1. The summed E-state index contributed by atoms with van der Waals surface area (Å²) < 4.78 is 10.8. The highest BCUT2D eigenvalue weighted by molar-refractivity contribution is 5.92. The minimum atomic E-state index is 0.0532. The van der Waals surface area contributed by atoms with Gasteiger partial charge in [-0.3, -0.25) is 14.6 Å². The number of nitrogens with one attached hydrogen (secondary N) is 1. The summed E-state index contributed by atoms with van der Waals surface area (Å²) >= 11 is 0. The monoisotopic (exact) mass is 381 g/mol. The number of piperazine rings is 1. The maximum atomic E-state index is 12.4. The molecule has 2 aliphatic heterocycles. The number of amides is 1. The van der Waals surface area contributed by atoms with Gasteiger partial charge in [-0.2, -0.15) is 0 Å². The first-order valence-electron chi connectivity index (χ1n) is 9.91. The number of benzene rings is 2. The number of rotatable bonds is 6. The van der Waals surface area contributed by atoms with Crippen LogP contribution in [0.1, 0.15) is 18.1 Å². The summed E-state index contributed by atoms with van der Waals surface area (Å²) in [5.41, 5.74) is 3.34. The molecule has 0 unspecified atom stereocenters. The molecule has 0 radical (unpaired) electrons.